The van der Waals surface area contributed by atoms with Crippen molar-refractivity contribution in [3.05, 3.63) is 67.1 Å². The van der Waals surface area contributed by atoms with Crippen LogP contribution in [0.5, 0.6) is 11.5 Å². The van der Waals surface area contributed by atoms with Crippen LogP contribution in [-0.2, 0) is 0 Å². The lowest BCUT2D eigenvalue weighted by Gasteiger charge is -2.30. The zero-order valence-electron chi connectivity index (χ0n) is 17.0. The molecule has 0 bridgehead atoms. The predicted molar refractivity (Wildman–Crippen MR) is 119 cm³/mol. The van der Waals surface area contributed by atoms with Crippen molar-refractivity contribution >= 4 is 16.9 Å². The van der Waals surface area contributed by atoms with Crippen LogP contribution in [0.15, 0.2) is 67.1 Å². The molecule has 0 aliphatic carbocycles. The highest BCUT2D eigenvalue weighted by Gasteiger charge is 2.24. The lowest BCUT2D eigenvalue weighted by molar-refractivity contribution is 0.248. The van der Waals surface area contributed by atoms with Crippen molar-refractivity contribution in [3.63, 3.8) is 0 Å². The molecule has 1 saturated heterocycles. The summed E-state index contributed by atoms with van der Waals surface area (Å²) in [6, 6.07) is 17.8. The normalized spacial score (nSPS) is 16.2. The standard InChI is InChI=1S/C24H22N6O/c25-15-29-12-4-5-18(13-29)30-14-21(22-23(26)27-16-28-24(22)30)17-8-10-20(11-9-17)31-19-6-2-1-3-7-19/h1-3,6-11,14,16,18H,4-5,12-13H2,(H2,26,27,28). The van der Waals surface area contributed by atoms with Gasteiger partial charge in [-0.25, -0.2) is 9.97 Å². The Morgan fingerprint density at radius 3 is 2.58 bits per heavy atom. The highest BCUT2D eigenvalue weighted by Crippen LogP contribution is 2.37. The van der Waals surface area contributed by atoms with Gasteiger partial charge in [-0.2, -0.15) is 5.26 Å². The van der Waals surface area contributed by atoms with E-state index in [2.05, 4.69) is 26.9 Å². The lowest BCUT2D eigenvalue weighted by Crippen LogP contribution is -2.33. The Hall–Kier alpha value is -4.05. The number of ether oxygens (including phenoxy) is 1. The Balaban J connectivity index is 1.52. The second kappa shape index (κ2) is 8.00. The van der Waals surface area contributed by atoms with Gasteiger partial charge >= 0.3 is 0 Å². The van der Waals surface area contributed by atoms with Crippen molar-refractivity contribution in [1.29, 1.82) is 5.26 Å². The molecule has 1 fully saturated rings. The Bertz CT molecular complexity index is 1240. The third-order valence-corrected chi connectivity index (χ3v) is 5.71. The largest absolute Gasteiger partial charge is 0.457 e. The number of likely N-dealkylation sites (tertiary alicyclic amines) is 1. The fourth-order valence-electron chi connectivity index (χ4n) is 4.21. The first kappa shape index (κ1) is 18.9. The molecular weight excluding hydrogens is 388 g/mol. The van der Waals surface area contributed by atoms with Gasteiger partial charge in [0.1, 0.15) is 29.3 Å². The van der Waals surface area contributed by atoms with E-state index in [9.17, 15) is 5.26 Å². The zero-order chi connectivity index (χ0) is 21.2. The number of nitrogens with zero attached hydrogens (tertiary/aromatic N) is 5. The Morgan fingerprint density at radius 1 is 1.03 bits per heavy atom. The topological polar surface area (TPSA) is 93.0 Å². The summed E-state index contributed by atoms with van der Waals surface area (Å²) in [6.45, 7) is 1.48. The van der Waals surface area contributed by atoms with Crippen molar-refractivity contribution in [2.24, 2.45) is 0 Å². The molecule has 3 heterocycles. The third kappa shape index (κ3) is 3.64. The molecule has 0 radical (unpaired) electrons. The van der Waals surface area contributed by atoms with Crippen LogP contribution in [0.1, 0.15) is 18.9 Å². The van der Waals surface area contributed by atoms with Gasteiger partial charge in [-0.05, 0) is 42.7 Å². The first-order valence-corrected chi connectivity index (χ1v) is 10.3. The number of nitriles is 1. The number of fused-ring (bicyclic) bond motifs is 1. The SMILES string of the molecule is N#CN1CCCC(n2cc(-c3ccc(Oc4ccccc4)cc3)c3c(N)ncnc32)C1. The van der Waals surface area contributed by atoms with Gasteiger partial charge in [0, 0.05) is 24.8 Å². The van der Waals surface area contributed by atoms with Crippen LogP contribution in [0.25, 0.3) is 22.2 Å². The monoisotopic (exact) mass is 410 g/mol. The number of nitrogen functional groups attached to an aromatic ring is 1. The van der Waals surface area contributed by atoms with Crippen LogP contribution >= 0.6 is 0 Å². The third-order valence-electron chi connectivity index (χ3n) is 5.71. The van der Waals surface area contributed by atoms with E-state index in [1.54, 1.807) is 4.90 Å². The molecule has 2 N–H and O–H groups in total. The minimum atomic E-state index is 0.166. The number of anilines is 1. The van der Waals surface area contributed by atoms with Crippen molar-refractivity contribution < 1.29 is 4.74 Å². The summed E-state index contributed by atoms with van der Waals surface area (Å²) in [4.78, 5) is 10.6. The smallest absolute Gasteiger partial charge is 0.179 e. The van der Waals surface area contributed by atoms with E-state index in [4.69, 9.17) is 10.5 Å². The second-order valence-corrected chi connectivity index (χ2v) is 7.69. The van der Waals surface area contributed by atoms with Gasteiger partial charge in [0.2, 0.25) is 0 Å². The van der Waals surface area contributed by atoms with E-state index in [0.29, 0.717) is 12.4 Å². The zero-order valence-corrected chi connectivity index (χ0v) is 17.0. The number of aromatic nitrogens is 3. The minimum Gasteiger partial charge on any atom is -0.457 e. The maximum absolute atomic E-state index is 9.34. The first-order chi connectivity index (χ1) is 15.2. The second-order valence-electron chi connectivity index (χ2n) is 7.69. The molecule has 2 aromatic heterocycles. The molecule has 0 spiro atoms. The van der Waals surface area contributed by atoms with Gasteiger partial charge in [0.25, 0.3) is 0 Å². The average Bonchev–Trinajstić information content (AvgIpc) is 3.21. The molecule has 0 saturated carbocycles. The number of hydrogen-bond donors (Lipinski definition) is 1. The molecule has 7 nitrogen and oxygen atoms in total. The van der Waals surface area contributed by atoms with Gasteiger partial charge in [0.05, 0.1) is 11.4 Å². The van der Waals surface area contributed by atoms with Gasteiger partial charge in [-0.1, -0.05) is 30.3 Å². The van der Waals surface area contributed by atoms with Crippen LogP contribution in [0.4, 0.5) is 5.82 Å². The molecule has 1 aliphatic rings. The molecular formula is C24H22N6O. The van der Waals surface area contributed by atoms with E-state index in [-0.39, 0.29) is 6.04 Å². The lowest BCUT2D eigenvalue weighted by atomic mass is 10.1. The number of benzene rings is 2. The van der Waals surface area contributed by atoms with Gasteiger partial charge in [0.15, 0.2) is 6.19 Å². The van der Waals surface area contributed by atoms with Crippen molar-refractivity contribution in [3.8, 4) is 28.8 Å². The van der Waals surface area contributed by atoms with Crippen LogP contribution < -0.4 is 10.5 Å². The fraction of sp³-hybridized carbons (Fsp3) is 0.208. The van der Waals surface area contributed by atoms with E-state index < -0.39 is 0 Å². The molecule has 1 atom stereocenters. The van der Waals surface area contributed by atoms with Crippen LogP contribution in [0.3, 0.4) is 0 Å². The first-order valence-electron chi connectivity index (χ1n) is 10.3. The fourth-order valence-corrected chi connectivity index (χ4v) is 4.21. The molecule has 7 heteroatoms. The van der Waals surface area contributed by atoms with Crippen molar-refractivity contribution in [1.82, 2.24) is 19.4 Å². The van der Waals surface area contributed by atoms with E-state index in [1.165, 1.54) is 6.33 Å². The van der Waals surface area contributed by atoms with E-state index in [1.807, 2.05) is 54.6 Å². The van der Waals surface area contributed by atoms with Gasteiger partial charge in [-0.15, -0.1) is 0 Å². The number of nitrogens with two attached hydrogens (primary N) is 1. The number of para-hydroxylation sites is 1. The molecule has 31 heavy (non-hydrogen) atoms. The minimum absolute atomic E-state index is 0.166. The van der Waals surface area contributed by atoms with E-state index >= 15 is 0 Å². The van der Waals surface area contributed by atoms with Crippen molar-refractivity contribution in [2.75, 3.05) is 18.8 Å². The summed E-state index contributed by atoms with van der Waals surface area (Å²) in [5.74, 6) is 2.01. The van der Waals surface area contributed by atoms with Crippen LogP contribution in [-0.4, -0.2) is 32.5 Å². The molecule has 154 valence electrons. The summed E-state index contributed by atoms with van der Waals surface area (Å²) in [6.07, 6.45) is 7.83. The number of rotatable bonds is 4. The molecule has 1 unspecified atom stereocenters. The quantitative estimate of drug-likeness (QED) is 0.495. The summed E-state index contributed by atoms with van der Waals surface area (Å²) >= 11 is 0. The number of hydrogen-bond acceptors (Lipinski definition) is 6. The summed E-state index contributed by atoms with van der Waals surface area (Å²) in [7, 11) is 0. The molecule has 5 rings (SSSR count). The molecule has 0 amide bonds. The molecule has 1 aliphatic heterocycles. The highest BCUT2D eigenvalue weighted by atomic mass is 16.5. The van der Waals surface area contributed by atoms with Crippen LogP contribution in [0.2, 0.25) is 0 Å². The molecule has 4 aromatic rings. The highest BCUT2D eigenvalue weighted by molar-refractivity contribution is 6.00. The number of piperidine rings is 1. The summed E-state index contributed by atoms with van der Waals surface area (Å²) < 4.78 is 8.07. The predicted octanol–water partition coefficient (Wildman–Crippen LogP) is 4.59. The maximum Gasteiger partial charge on any atom is 0.179 e. The van der Waals surface area contributed by atoms with Crippen LogP contribution in [0, 0.1) is 11.5 Å². The summed E-state index contributed by atoms with van der Waals surface area (Å²) in [5.41, 5.74) is 9.07. The molecule has 2 aromatic carbocycles. The summed E-state index contributed by atoms with van der Waals surface area (Å²) in [5, 5.41) is 10.2. The average molecular weight is 410 g/mol. The van der Waals surface area contributed by atoms with Gasteiger partial charge in [-0.3, -0.25) is 0 Å². The Labute approximate surface area is 180 Å². The maximum atomic E-state index is 9.34. The Kier molecular flexibility index (Phi) is 4.89. The Morgan fingerprint density at radius 2 is 1.81 bits per heavy atom. The van der Waals surface area contributed by atoms with Gasteiger partial charge < -0.3 is 19.9 Å². The van der Waals surface area contributed by atoms with Crippen molar-refractivity contribution in [2.45, 2.75) is 18.9 Å². The van der Waals surface area contributed by atoms with E-state index in [0.717, 1.165) is 53.0 Å².